The minimum Gasteiger partial charge on any atom is -0.313 e. The Balaban J connectivity index is 2.11. The van der Waals surface area contributed by atoms with Crippen LogP contribution in [0.15, 0.2) is 24.3 Å². The first-order chi connectivity index (χ1) is 7.85. The van der Waals surface area contributed by atoms with E-state index in [0.717, 1.165) is 12.3 Å². The van der Waals surface area contributed by atoms with Crippen molar-refractivity contribution in [1.29, 1.82) is 0 Å². The quantitative estimate of drug-likeness (QED) is 0.793. The lowest BCUT2D eigenvalue weighted by molar-refractivity contribution is 0.265. The zero-order valence-electron chi connectivity index (χ0n) is 10.5. The van der Waals surface area contributed by atoms with Crippen LogP contribution in [0.1, 0.15) is 49.8 Å². The van der Waals surface area contributed by atoms with Crippen molar-refractivity contribution in [3.63, 3.8) is 0 Å². The maximum Gasteiger partial charge on any atom is 0.0322 e. The molecule has 0 amide bonds. The summed E-state index contributed by atoms with van der Waals surface area (Å²) in [5, 5.41) is 3.49. The van der Waals surface area contributed by atoms with E-state index in [2.05, 4.69) is 43.6 Å². The van der Waals surface area contributed by atoms with Gasteiger partial charge in [-0.3, -0.25) is 0 Å². The van der Waals surface area contributed by atoms with E-state index < -0.39 is 0 Å². The van der Waals surface area contributed by atoms with E-state index in [4.69, 9.17) is 0 Å². The maximum absolute atomic E-state index is 3.49. The molecule has 0 radical (unpaired) electrons. The second-order valence-corrected chi connectivity index (χ2v) is 4.93. The lowest BCUT2D eigenvalue weighted by Crippen LogP contribution is -2.24. The van der Waals surface area contributed by atoms with Crippen molar-refractivity contribution >= 4 is 0 Å². The fourth-order valence-electron chi connectivity index (χ4n) is 2.66. The molecular weight excluding hydrogens is 194 g/mol. The van der Waals surface area contributed by atoms with Crippen LogP contribution in [-0.2, 0) is 6.42 Å². The lowest BCUT2D eigenvalue weighted by atomic mass is 9.79. The van der Waals surface area contributed by atoms with Crippen LogP contribution in [0, 0.1) is 5.92 Å². The predicted octanol–water partition coefficient (Wildman–Crippen LogP) is 3.70. The van der Waals surface area contributed by atoms with E-state index in [1.807, 2.05) is 0 Å². The van der Waals surface area contributed by atoms with E-state index in [-0.39, 0.29) is 0 Å². The molecule has 0 aliphatic heterocycles. The van der Waals surface area contributed by atoms with E-state index in [1.165, 1.54) is 36.8 Å². The largest absolute Gasteiger partial charge is 0.313 e. The molecule has 1 nitrogen and oxygen atoms in total. The van der Waals surface area contributed by atoms with Crippen molar-refractivity contribution in [3.05, 3.63) is 35.4 Å². The zero-order chi connectivity index (χ0) is 11.4. The molecule has 1 aliphatic rings. The average Bonchev–Trinajstić information content (AvgIpc) is 2.28. The Labute approximate surface area is 99.3 Å². The van der Waals surface area contributed by atoms with Gasteiger partial charge in [-0.1, -0.05) is 50.5 Å². The monoisotopic (exact) mass is 217 g/mol. The first-order valence-electron chi connectivity index (χ1n) is 6.60. The maximum atomic E-state index is 3.49. The summed E-state index contributed by atoms with van der Waals surface area (Å²) in [7, 11) is 2.09. The van der Waals surface area contributed by atoms with Gasteiger partial charge in [-0.15, -0.1) is 0 Å². The van der Waals surface area contributed by atoms with Gasteiger partial charge in [0.05, 0.1) is 0 Å². The number of benzene rings is 1. The van der Waals surface area contributed by atoms with Gasteiger partial charge in [0.15, 0.2) is 0 Å². The molecule has 1 aromatic carbocycles. The molecule has 1 unspecified atom stereocenters. The highest BCUT2D eigenvalue weighted by Crippen LogP contribution is 2.35. The van der Waals surface area contributed by atoms with Gasteiger partial charge in [0.25, 0.3) is 0 Å². The number of hydrogen-bond acceptors (Lipinski definition) is 1. The van der Waals surface area contributed by atoms with Crippen LogP contribution >= 0.6 is 0 Å². The summed E-state index contributed by atoms with van der Waals surface area (Å²) in [4.78, 5) is 0. The molecule has 0 bridgehead atoms. The Bertz CT molecular complexity index is 328. The lowest BCUT2D eigenvalue weighted by Gasteiger charge is -2.30. The molecule has 0 heterocycles. The molecule has 1 N–H and O–H groups in total. The van der Waals surface area contributed by atoms with Crippen LogP contribution < -0.4 is 5.32 Å². The smallest absolute Gasteiger partial charge is 0.0322 e. The number of aryl methyl sites for hydroxylation is 1. The molecule has 1 fully saturated rings. The Hall–Kier alpha value is -0.820. The summed E-state index contributed by atoms with van der Waals surface area (Å²) in [6.07, 6.45) is 6.77. The molecule has 88 valence electrons. The van der Waals surface area contributed by atoms with Crippen LogP contribution in [0.2, 0.25) is 0 Å². The fourth-order valence-corrected chi connectivity index (χ4v) is 2.66. The van der Waals surface area contributed by atoms with Crippen molar-refractivity contribution in [2.75, 3.05) is 7.05 Å². The molecule has 2 rings (SSSR count). The summed E-state index contributed by atoms with van der Waals surface area (Å²) in [6, 6.07) is 9.43. The Morgan fingerprint density at radius 2 is 2.06 bits per heavy atom. The molecular formula is C15H23N. The second kappa shape index (κ2) is 5.49. The molecule has 1 saturated carbocycles. The first-order valence-corrected chi connectivity index (χ1v) is 6.60. The van der Waals surface area contributed by atoms with E-state index in [1.54, 1.807) is 0 Å². The molecule has 1 atom stereocenters. The van der Waals surface area contributed by atoms with Crippen molar-refractivity contribution in [1.82, 2.24) is 5.32 Å². The van der Waals surface area contributed by atoms with Crippen LogP contribution in [0.25, 0.3) is 0 Å². The summed E-state index contributed by atoms with van der Waals surface area (Å²) in [5.41, 5.74) is 3.01. The first kappa shape index (κ1) is 11.7. The minimum atomic E-state index is 0.557. The second-order valence-electron chi connectivity index (χ2n) is 4.93. The van der Waals surface area contributed by atoms with E-state index >= 15 is 0 Å². The Morgan fingerprint density at radius 3 is 2.62 bits per heavy atom. The van der Waals surface area contributed by atoms with Gasteiger partial charge in [0.1, 0.15) is 0 Å². The van der Waals surface area contributed by atoms with Crippen LogP contribution in [0.5, 0.6) is 0 Å². The zero-order valence-corrected chi connectivity index (χ0v) is 10.5. The van der Waals surface area contributed by atoms with Gasteiger partial charge in [-0.05, 0) is 36.9 Å². The van der Waals surface area contributed by atoms with Gasteiger partial charge >= 0.3 is 0 Å². The van der Waals surface area contributed by atoms with Gasteiger partial charge in [0, 0.05) is 6.04 Å². The van der Waals surface area contributed by atoms with Crippen molar-refractivity contribution < 1.29 is 0 Å². The molecule has 0 saturated heterocycles. The number of nitrogens with one attached hydrogen (secondary N) is 1. The normalized spacial score (nSPS) is 18.1. The third-order valence-corrected chi connectivity index (χ3v) is 3.95. The highest BCUT2D eigenvalue weighted by atomic mass is 14.9. The highest BCUT2D eigenvalue weighted by Gasteiger charge is 2.22. The standard InChI is InChI=1S/C15H23N/c1-3-13-9-4-5-10-14(13)15(16-2)11-12-7-6-8-12/h4-5,9-10,12,15-16H,3,6-8,11H2,1-2H3. The molecule has 1 heteroatoms. The Morgan fingerprint density at radius 1 is 1.31 bits per heavy atom. The van der Waals surface area contributed by atoms with Crippen LogP contribution in [0.3, 0.4) is 0 Å². The summed E-state index contributed by atoms with van der Waals surface area (Å²) < 4.78 is 0. The average molecular weight is 217 g/mol. The minimum absolute atomic E-state index is 0.557. The molecule has 0 spiro atoms. The van der Waals surface area contributed by atoms with Crippen molar-refractivity contribution in [2.24, 2.45) is 5.92 Å². The molecule has 16 heavy (non-hydrogen) atoms. The third-order valence-electron chi connectivity index (χ3n) is 3.95. The number of rotatable bonds is 5. The van der Waals surface area contributed by atoms with E-state index in [9.17, 15) is 0 Å². The molecule has 1 aliphatic carbocycles. The third kappa shape index (κ3) is 2.46. The van der Waals surface area contributed by atoms with Gasteiger partial charge < -0.3 is 5.32 Å². The summed E-state index contributed by atoms with van der Waals surface area (Å²) >= 11 is 0. The fraction of sp³-hybridized carbons (Fsp3) is 0.600. The molecule has 1 aromatic rings. The summed E-state index contributed by atoms with van der Waals surface area (Å²) in [6.45, 7) is 2.24. The highest BCUT2D eigenvalue weighted by molar-refractivity contribution is 5.30. The predicted molar refractivity (Wildman–Crippen MR) is 69.6 cm³/mol. The molecule has 0 aromatic heterocycles. The van der Waals surface area contributed by atoms with Crippen molar-refractivity contribution in [3.8, 4) is 0 Å². The van der Waals surface area contributed by atoms with Gasteiger partial charge in [-0.25, -0.2) is 0 Å². The number of hydrogen-bond donors (Lipinski definition) is 1. The van der Waals surface area contributed by atoms with E-state index in [0.29, 0.717) is 6.04 Å². The SMILES string of the molecule is CCc1ccccc1C(CC1CCC1)NC. The van der Waals surface area contributed by atoms with Gasteiger partial charge in [-0.2, -0.15) is 0 Å². The van der Waals surface area contributed by atoms with Crippen molar-refractivity contribution in [2.45, 2.75) is 45.1 Å². The Kier molecular flexibility index (Phi) is 4.00. The topological polar surface area (TPSA) is 12.0 Å². The van der Waals surface area contributed by atoms with Crippen LogP contribution in [-0.4, -0.2) is 7.05 Å². The summed E-state index contributed by atoms with van der Waals surface area (Å²) in [5.74, 6) is 0.961. The van der Waals surface area contributed by atoms with Gasteiger partial charge in [0.2, 0.25) is 0 Å². The van der Waals surface area contributed by atoms with Crippen LogP contribution in [0.4, 0.5) is 0 Å².